The Balaban J connectivity index is 1.14. The molecule has 3 N–H and O–H groups in total. The van der Waals surface area contributed by atoms with Gasteiger partial charge in [-0.25, -0.2) is 4.39 Å². The number of nitrogens with one attached hydrogen (secondary N) is 1. The number of benzene rings is 2. The highest BCUT2D eigenvalue weighted by Gasteiger charge is 2.58. The normalized spacial score (nSPS) is 31.3. The number of amides is 1. The van der Waals surface area contributed by atoms with Crippen LogP contribution in [0.15, 0.2) is 36.4 Å². The predicted octanol–water partition coefficient (Wildman–Crippen LogP) is 6.01. The number of ether oxygens (including phenoxy) is 1. The van der Waals surface area contributed by atoms with Crippen molar-refractivity contribution in [2.45, 2.75) is 89.3 Å². The van der Waals surface area contributed by atoms with Crippen molar-refractivity contribution in [1.29, 1.82) is 0 Å². The first-order valence-corrected chi connectivity index (χ1v) is 15.3. The predicted molar refractivity (Wildman–Crippen MR) is 153 cm³/mol. The Morgan fingerprint density at radius 3 is 2.75 bits per heavy atom. The molecule has 6 rings (SSSR count). The van der Waals surface area contributed by atoms with Crippen LogP contribution in [0, 0.1) is 23.1 Å². The zero-order chi connectivity index (χ0) is 27.9. The second-order valence-electron chi connectivity index (χ2n) is 12.9. The maximum absolute atomic E-state index is 15.2. The second kappa shape index (κ2) is 11.3. The van der Waals surface area contributed by atoms with E-state index < -0.39 is 5.82 Å². The number of phenols is 1. The third-order valence-corrected chi connectivity index (χ3v) is 10.4. The van der Waals surface area contributed by atoms with Crippen LogP contribution in [0.5, 0.6) is 11.5 Å². The van der Waals surface area contributed by atoms with E-state index in [0.717, 1.165) is 63.7 Å². The highest BCUT2D eigenvalue weighted by atomic mass is 19.1. The molecule has 0 bridgehead atoms. The number of nitrogens with zero attached hydrogens (tertiary/aromatic N) is 1. The lowest BCUT2D eigenvalue weighted by Gasteiger charge is -2.53. The van der Waals surface area contributed by atoms with Crippen molar-refractivity contribution in [3.63, 3.8) is 0 Å². The molecule has 1 amide bonds. The van der Waals surface area contributed by atoms with E-state index in [-0.39, 0.29) is 40.9 Å². The molecule has 3 aliphatic carbocycles. The molecule has 0 aromatic heterocycles. The average molecular weight is 551 g/mol. The molecule has 6 nitrogen and oxygen atoms in total. The van der Waals surface area contributed by atoms with E-state index in [2.05, 4.69) is 17.1 Å². The molecular formula is C33H43FN2O4. The summed E-state index contributed by atoms with van der Waals surface area (Å²) in [5.74, 6) is 0.944. The first-order valence-electron chi connectivity index (χ1n) is 15.3. The van der Waals surface area contributed by atoms with Crippen LogP contribution in [0.4, 0.5) is 10.1 Å². The summed E-state index contributed by atoms with van der Waals surface area (Å²) in [7, 11) is 0. The van der Waals surface area contributed by atoms with Crippen LogP contribution in [0.3, 0.4) is 0 Å². The maximum atomic E-state index is 15.2. The zero-order valence-electron chi connectivity index (χ0n) is 23.6. The van der Waals surface area contributed by atoms with Gasteiger partial charge in [-0.3, -0.25) is 4.79 Å². The van der Waals surface area contributed by atoms with Crippen LogP contribution >= 0.6 is 0 Å². The summed E-state index contributed by atoms with van der Waals surface area (Å²) in [6, 6.07) is 10.3. The van der Waals surface area contributed by atoms with Gasteiger partial charge in [0.25, 0.3) is 0 Å². The number of anilines is 1. The van der Waals surface area contributed by atoms with Gasteiger partial charge in [-0.05, 0) is 125 Å². The number of aliphatic hydroxyl groups is 1. The van der Waals surface area contributed by atoms with E-state index >= 15 is 4.39 Å². The number of hydrogen-bond acceptors (Lipinski definition) is 5. The molecule has 0 unspecified atom stereocenters. The number of likely N-dealkylation sites (tertiary alicyclic amines) is 1. The molecule has 2 saturated carbocycles. The molecule has 2 aromatic carbocycles. The van der Waals surface area contributed by atoms with Crippen LogP contribution in [0.2, 0.25) is 0 Å². The van der Waals surface area contributed by atoms with Gasteiger partial charge in [0.05, 0.1) is 11.8 Å². The van der Waals surface area contributed by atoms with Crippen molar-refractivity contribution in [2.24, 2.45) is 17.3 Å². The highest BCUT2D eigenvalue weighted by molar-refractivity contribution is 5.90. The number of phenolic OH excluding ortho intramolecular Hbond substituents is 1. The highest BCUT2D eigenvalue weighted by Crippen LogP contribution is 2.61. The Kier molecular flexibility index (Phi) is 7.79. The Bertz CT molecular complexity index is 1230. The Labute approximate surface area is 236 Å². The van der Waals surface area contributed by atoms with Crippen LogP contribution in [-0.2, 0) is 11.2 Å². The number of carbonyl (C=O) groups excluding carboxylic acids is 1. The number of aromatic hydroxyl groups is 1. The fourth-order valence-corrected chi connectivity index (χ4v) is 8.39. The smallest absolute Gasteiger partial charge is 0.224 e. The fraction of sp³-hybridized carbons (Fsp3) is 0.606. The monoisotopic (exact) mass is 550 g/mol. The van der Waals surface area contributed by atoms with E-state index in [4.69, 9.17) is 4.74 Å². The first-order chi connectivity index (χ1) is 19.3. The molecule has 1 saturated heterocycles. The number of rotatable bonds is 8. The summed E-state index contributed by atoms with van der Waals surface area (Å²) in [5, 5.41) is 23.8. The zero-order valence-corrected chi connectivity index (χ0v) is 23.6. The van der Waals surface area contributed by atoms with E-state index in [0.29, 0.717) is 30.4 Å². The lowest BCUT2D eigenvalue weighted by Crippen LogP contribution is -2.51. The number of hydrogen-bond donors (Lipinski definition) is 3. The molecule has 1 aliphatic heterocycles. The van der Waals surface area contributed by atoms with Crippen LogP contribution in [-0.4, -0.2) is 52.9 Å². The molecule has 3 fully saturated rings. The van der Waals surface area contributed by atoms with Crippen LogP contribution < -0.4 is 10.1 Å². The SMILES string of the molecule is C[C@]12C[C@H](Oc3ccc(NC(=O)CCCCN4CCCC4)c(F)c3)[C@@H]3c4ccc(O)cc4CC[C@H]3[C@@H]1CC[C@@H]2O. The van der Waals surface area contributed by atoms with Crippen molar-refractivity contribution in [3.8, 4) is 11.5 Å². The number of fused-ring (bicyclic) bond motifs is 5. The summed E-state index contributed by atoms with van der Waals surface area (Å²) >= 11 is 0. The summed E-state index contributed by atoms with van der Waals surface area (Å²) in [5.41, 5.74) is 2.30. The van der Waals surface area contributed by atoms with E-state index in [9.17, 15) is 15.0 Å². The number of aliphatic hydroxyl groups excluding tert-OH is 1. The Morgan fingerprint density at radius 1 is 1.12 bits per heavy atom. The standard InChI is InChI=1S/C33H43FN2O4/c1-33-20-29(32-24-11-8-22(37)18-21(24)7-10-25(32)26(33)12-14-30(33)38)40-23-9-13-28(27(34)19-23)35-31(39)6-2-3-15-36-16-4-5-17-36/h8-9,11,13,18-19,25-26,29-30,32,37-38H,2-7,10,12,14-17,20H2,1H3,(H,35,39)/t25-,26-,29-,30-,32+,33-/m0/s1. The molecule has 4 aliphatic rings. The lowest BCUT2D eigenvalue weighted by molar-refractivity contribution is -0.116. The minimum atomic E-state index is -0.505. The lowest BCUT2D eigenvalue weighted by atomic mass is 9.54. The van der Waals surface area contributed by atoms with Gasteiger partial charge < -0.3 is 25.2 Å². The molecule has 1 heterocycles. The molecule has 7 heteroatoms. The van der Waals surface area contributed by atoms with E-state index in [1.165, 1.54) is 24.5 Å². The third kappa shape index (κ3) is 5.35. The van der Waals surface area contributed by atoms with Gasteiger partial charge in [0.15, 0.2) is 0 Å². The van der Waals surface area contributed by atoms with Gasteiger partial charge in [0, 0.05) is 23.8 Å². The fourth-order valence-electron chi connectivity index (χ4n) is 8.39. The molecule has 40 heavy (non-hydrogen) atoms. The molecular weight excluding hydrogens is 507 g/mol. The van der Waals surface area contributed by atoms with Crippen molar-refractivity contribution in [3.05, 3.63) is 53.3 Å². The van der Waals surface area contributed by atoms with Gasteiger partial charge in [0.1, 0.15) is 23.4 Å². The average Bonchev–Trinajstić information content (AvgIpc) is 3.55. The van der Waals surface area contributed by atoms with Gasteiger partial charge >= 0.3 is 0 Å². The summed E-state index contributed by atoms with van der Waals surface area (Å²) in [4.78, 5) is 14.9. The first kappa shape index (κ1) is 27.5. The molecule has 6 atom stereocenters. The van der Waals surface area contributed by atoms with Crippen molar-refractivity contribution < 1.29 is 24.1 Å². The number of unbranched alkanes of at least 4 members (excludes halogenated alkanes) is 1. The van der Waals surface area contributed by atoms with Crippen LogP contribution in [0.1, 0.15) is 81.8 Å². The van der Waals surface area contributed by atoms with Crippen molar-refractivity contribution in [1.82, 2.24) is 4.90 Å². The topological polar surface area (TPSA) is 82.0 Å². The van der Waals surface area contributed by atoms with Gasteiger partial charge in [-0.2, -0.15) is 0 Å². The molecule has 0 radical (unpaired) electrons. The molecule has 2 aromatic rings. The van der Waals surface area contributed by atoms with Gasteiger partial charge in [0.2, 0.25) is 5.91 Å². The van der Waals surface area contributed by atoms with E-state index in [1.807, 2.05) is 12.1 Å². The molecule has 0 spiro atoms. The summed E-state index contributed by atoms with van der Waals surface area (Å²) in [6.07, 6.45) is 8.50. The van der Waals surface area contributed by atoms with E-state index in [1.54, 1.807) is 18.2 Å². The third-order valence-electron chi connectivity index (χ3n) is 10.4. The minimum absolute atomic E-state index is 0.121. The Morgan fingerprint density at radius 2 is 1.95 bits per heavy atom. The molecule has 216 valence electrons. The Hall–Kier alpha value is -2.64. The van der Waals surface area contributed by atoms with Crippen LogP contribution in [0.25, 0.3) is 0 Å². The minimum Gasteiger partial charge on any atom is -0.508 e. The largest absolute Gasteiger partial charge is 0.508 e. The summed E-state index contributed by atoms with van der Waals surface area (Å²) in [6.45, 7) is 5.53. The van der Waals surface area contributed by atoms with Gasteiger partial charge in [-0.1, -0.05) is 13.0 Å². The number of halogens is 1. The number of carbonyl (C=O) groups is 1. The van der Waals surface area contributed by atoms with Crippen molar-refractivity contribution in [2.75, 3.05) is 25.0 Å². The second-order valence-corrected chi connectivity index (χ2v) is 12.9. The number of aryl methyl sites for hydroxylation is 1. The van der Waals surface area contributed by atoms with Gasteiger partial charge in [-0.15, -0.1) is 0 Å². The quantitative estimate of drug-likeness (QED) is 0.351. The summed E-state index contributed by atoms with van der Waals surface area (Å²) < 4.78 is 21.7. The maximum Gasteiger partial charge on any atom is 0.224 e. The van der Waals surface area contributed by atoms with Crippen molar-refractivity contribution >= 4 is 11.6 Å².